The van der Waals surface area contributed by atoms with Crippen LogP contribution in [0.15, 0.2) is 10.9 Å². The third kappa shape index (κ3) is 6.13. The van der Waals surface area contributed by atoms with Gasteiger partial charge in [-0.2, -0.15) is 0 Å². The van der Waals surface area contributed by atoms with Crippen LogP contribution in [-0.4, -0.2) is 28.6 Å². The molecule has 0 saturated heterocycles. The molecule has 1 aromatic rings. The van der Waals surface area contributed by atoms with Gasteiger partial charge in [0.1, 0.15) is 0 Å². The smallest absolute Gasteiger partial charge is 0.357 e. The second kappa shape index (κ2) is 7.02. The van der Waals surface area contributed by atoms with Crippen molar-refractivity contribution in [2.45, 2.75) is 13.8 Å². The fourth-order valence-corrected chi connectivity index (χ4v) is 1.04. The maximum atomic E-state index is 10.8. The summed E-state index contributed by atoms with van der Waals surface area (Å²) in [6.45, 7) is 3.25. The summed E-state index contributed by atoms with van der Waals surface area (Å²) in [6.07, 6.45) is 0. The molecule has 0 spiro atoms. The summed E-state index contributed by atoms with van der Waals surface area (Å²) < 4.78 is 4.69. The first kappa shape index (κ1) is 12.6. The molecule has 1 rings (SSSR count). The third-order valence-corrected chi connectivity index (χ3v) is 1.50. The Morgan fingerprint density at radius 1 is 1.64 bits per heavy atom. The Bertz CT molecular complexity index is 280. The minimum absolute atomic E-state index is 0.344. The molecule has 6 heteroatoms. The summed E-state index contributed by atoms with van der Waals surface area (Å²) in [7, 11) is 0. The van der Waals surface area contributed by atoms with Crippen LogP contribution >= 0.6 is 11.3 Å². The van der Waals surface area contributed by atoms with Gasteiger partial charge in [-0.25, -0.2) is 9.78 Å². The number of hydrogen-bond acceptors (Lipinski definition) is 5. The molecule has 0 atom stereocenters. The minimum atomic E-state index is -0.833. The molecule has 0 saturated carbocycles. The molecule has 1 aromatic heterocycles. The van der Waals surface area contributed by atoms with E-state index in [0.29, 0.717) is 12.3 Å². The summed E-state index contributed by atoms with van der Waals surface area (Å²) in [4.78, 5) is 23.6. The number of aliphatic carboxylic acids is 1. The van der Waals surface area contributed by atoms with E-state index in [1.54, 1.807) is 17.8 Å². The molecule has 78 valence electrons. The largest absolute Gasteiger partial charge is 0.481 e. The first-order chi connectivity index (χ1) is 6.57. The van der Waals surface area contributed by atoms with Gasteiger partial charge in [0.2, 0.25) is 0 Å². The van der Waals surface area contributed by atoms with Gasteiger partial charge in [-0.15, -0.1) is 11.3 Å². The van der Waals surface area contributed by atoms with Crippen molar-refractivity contribution in [3.63, 3.8) is 0 Å². The van der Waals surface area contributed by atoms with Crippen LogP contribution in [0.3, 0.4) is 0 Å². The number of thiazole rings is 1. The highest BCUT2D eigenvalue weighted by molar-refractivity contribution is 7.07. The van der Waals surface area contributed by atoms with E-state index in [-0.39, 0.29) is 5.97 Å². The lowest BCUT2D eigenvalue weighted by atomic mass is 10.5. The number of carbonyl (C=O) groups is 2. The molecule has 0 fully saturated rings. The quantitative estimate of drug-likeness (QED) is 0.758. The Morgan fingerprint density at radius 3 is 2.57 bits per heavy atom. The van der Waals surface area contributed by atoms with E-state index in [0.717, 1.165) is 6.92 Å². The van der Waals surface area contributed by atoms with Crippen LogP contribution in [0, 0.1) is 0 Å². The monoisotopic (exact) mass is 217 g/mol. The summed E-state index contributed by atoms with van der Waals surface area (Å²) in [5.74, 6) is -1.18. The van der Waals surface area contributed by atoms with Gasteiger partial charge in [-0.3, -0.25) is 4.79 Å². The van der Waals surface area contributed by atoms with Crippen molar-refractivity contribution in [1.29, 1.82) is 0 Å². The van der Waals surface area contributed by atoms with E-state index in [9.17, 15) is 4.79 Å². The number of carbonyl (C=O) groups excluding carboxylic acids is 1. The average Bonchev–Trinajstić information content (AvgIpc) is 2.55. The standard InChI is InChI=1S/C6H7NO2S.C2H4O2/c1-2-9-6(8)5-3-10-4-7-5;1-2(3)4/h3-4H,2H2,1H3;1H3,(H,3,4). The van der Waals surface area contributed by atoms with E-state index >= 15 is 0 Å². The molecule has 0 radical (unpaired) electrons. The van der Waals surface area contributed by atoms with Crippen LogP contribution in [0.1, 0.15) is 24.3 Å². The third-order valence-electron chi connectivity index (χ3n) is 0.917. The van der Waals surface area contributed by atoms with Crippen molar-refractivity contribution >= 4 is 23.3 Å². The number of carboxylic acids is 1. The Morgan fingerprint density at radius 2 is 2.21 bits per heavy atom. The maximum Gasteiger partial charge on any atom is 0.357 e. The molecule has 0 bridgehead atoms. The molecule has 0 aromatic carbocycles. The number of rotatable bonds is 2. The zero-order valence-corrected chi connectivity index (χ0v) is 8.71. The van der Waals surface area contributed by atoms with E-state index in [2.05, 4.69) is 4.98 Å². The molecule has 0 aliphatic heterocycles. The molecule has 0 amide bonds. The molecule has 0 aliphatic rings. The van der Waals surface area contributed by atoms with Crippen molar-refractivity contribution in [3.05, 3.63) is 16.6 Å². The predicted molar refractivity (Wildman–Crippen MR) is 51.4 cm³/mol. The van der Waals surface area contributed by atoms with Gasteiger partial charge < -0.3 is 9.84 Å². The molecule has 5 nitrogen and oxygen atoms in total. The molecule has 14 heavy (non-hydrogen) atoms. The van der Waals surface area contributed by atoms with Crippen molar-refractivity contribution in [2.75, 3.05) is 6.61 Å². The van der Waals surface area contributed by atoms with E-state index in [1.165, 1.54) is 11.3 Å². The first-order valence-electron chi connectivity index (χ1n) is 3.82. The van der Waals surface area contributed by atoms with Crippen molar-refractivity contribution in [3.8, 4) is 0 Å². The zero-order valence-electron chi connectivity index (χ0n) is 7.89. The fraction of sp³-hybridized carbons (Fsp3) is 0.375. The number of ether oxygens (including phenoxy) is 1. The second-order valence-corrected chi connectivity index (χ2v) is 2.83. The highest BCUT2D eigenvalue weighted by atomic mass is 32.1. The SMILES string of the molecule is CC(=O)O.CCOC(=O)c1cscn1. The fourth-order valence-electron chi connectivity index (χ4n) is 0.518. The van der Waals surface area contributed by atoms with Crippen molar-refractivity contribution < 1.29 is 19.4 Å². The van der Waals surface area contributed by atoms with Crippen molar-refractivity contribution in [1.82, 2.24) is 4.98 Å². The van der Waals surface area contributed by atoms with Gasteiger partial charge in [-0.05, 0) is 6.92 Å². The zero-order chi connectivity index (χ0) is 11.0. The highest BCUT2D eigenvalue weighted by Crippen LogP contribution is 2.01. The number of nitrogens with zero attached hydrogens (tertiary/aromatic N) is 1. The molecular formula is C8H11NO4S. The predicted octanol–water partition coefficient (Wildman–Crippen LogP) is 1.41. The van der Waals surface area contributed by atoms with E-state index in [1.807, 2.05) is 0 Å². The lowest BCUT2D eigenvalue weighted by Gasteiger charge is -1.94. The Hall–Kier alpha value is -1.43. The maximum absolute atomic E-state index is 10.8. The van der Waals surface area contributed by atoms with Crippen molar-refractivity contribution in [2.24, 2.45) is 0 Å². The lowest BCUT2D eigenvalue weighted by Crippen LogP contribution is -2.04. The lowest BCUT2D eigenvalue weighted by molar-refractivity contribution is -0.134. The van der Waals surface area contributed by atoms with E-state index < -0.39 is 5.97 Å². The van der Waals surface area contributed by atoms with Gasteiger partial charge in [-0.1, -0.05) is 0 Å². The second-order valence-electron chi connectivity index (χ2n) is 2.11. The topological polar surface area (TPSA) is 76.5 Å². The number of hydrogen-bond donors (Lipinski definition) is 1. The number of aromatic nitrogens is 1. The number of esters is 1. The highest BCUT2D eigenvalue weighted by Gasteiger charge is 2.06. The van der Waals surface area contributed by atoms with Crippen LogP contribution < -0.4 is 0 Å². The molecule has 1 heterocycles. The normalized spacial score (nSPS) is 8.43. The summed E-state index contributed by atoms with van der Waals surface area (Å²) in [6, 6.07) is 0. The summed E-state index contributed by atoms with van der Waals surface area (Å²) in [5, 5.41) is 9.08. The van der Waals surface area contributed by atoms with Crippen LogP contribution in [0.5, 0.6) is 0 Å². The van der Waals surface area contributed by atoms with Gasteiger partial charge in [0.05, 0.1) is 12.1 Å². The van der Waals surface area contributed by atoms with Crippen LogP contribution in [0.25, 0.3) is 0 Å². The molecule has 0 unspecified atom stereocenters. The summed E-state index contributed by atoms with van der Waals surface area (Å²) in [5.41, 5.74) is 2.00. The number of carboxylic acid groups (broad SMARTS) is 1. The Kier molecular flexibility index (Phi) is 6.30. The summed E-state index contributed by atoms with van der Waals surface area (Å²) >= 11 is 1.38. The first-order valence-corrected chi connectivity index (χ1v) is 4.77. The molecular weight excluding hydrogens is 206 g/mol. The minimum Gasteiger partial charge on any atom is -0.481 e. The van der Waals surface area contributed by atoms with Crippen LogP contribution in [0.2, 0.25) is 0 Å². The van der Waals surface area contributed by atoms with E-state index in [4.69, 9.17) is 14.6 Å². The molecule has 0 aliphatic carbocycles. The van der Waals surface area contributed by atoms with Gasteiger partial charge in [0, 0.05) is 12.3 Å². The Balaban J connectivity index is 0.000000364. The van der Waals surface area contributed by atoms with Gasteiger partial charge in [0.15, 0.2) is 5.69 Å². The Labute approximate surface area is 85.4 Å². The van der Waals surface area contributed by atoms with Crippen LogP contribution in [0.4, 0.5) is 0 Å². The average molecular weight is 217 g/mol. The van der Waals surface area contributed by atoms with Gasteiger partial charge >= 0.3 is 5.97 Å². The molecule has 1 N–H and O–H groups in total. The van der Waals surface area contributed by atoms with Gasteiger partial charge in [0.25, 0.3) is 5.97 Å². The van der Waals surface area contributed by atoms with Crippen LogP contribution in [-0.2, 0) is 9.53 Å².